The van der Waals surface area contributed by atoms with Crippen LogP contribution in [0.3, 0.4) is 0 Å². The van der Waals surface area contributed by atoms with E-state index in [1.165, 1.54) is 23.9 Å². The quantitative estimate of drug-likeness (QED) is 0.301. The smallest absolute Gasteiger partial charge is 0.461 e. The Morgan fingerprint density at radius 3 is 2.68 bits per heavy atom. The van der Waals surface area contributed by atoms with Crippen LogP contribution in [0.4, 0.5) is 5.82 Å². The van der Waals surface area contributed by atoms with E-state index in [0.29, 0.717) is 6.42 Å². The second-order valence-corrected chi connectivity index (χ2v) is 11.8. The Morgan fingerprint density at radius 1 is 1.32 bits per heavy atom. The van der Waals surface area contributed by atoms with Gasteiger partial charge in [0.1, 0.15) is 35.5 Å². The maximum Gasteiger partial charge on any atom is 0.461 e. The van der Waals surface area contributed by atoms with Crippen LogP contribution in [0.25, 0.3) is 0 Å². The molecule has 0 radical (unpaired) electrons. The van der Waals surface area contributed by atoms with Gasteiger partial charge in [-0.05, 0) is 31.5 Å². The summed E-state index contributed by atoms with van der Waals surface area (Å²) in [4.78, 5) is 28.0. The average Bonchev–Trinajstić information content (AvgIpc) is 3.42. The molecule has 2 unspecified atom stereocenters. The Balaban J connectivity index is 1.52. The second kappa shape index (κ2) is 11.1. The molecular weight excluding hydrogens is 519 g/mol. The van der Waals surface area contributed by atoms with Crippen LogP contribution in [0.1, 0.15) is 33.4 Å². The molecule has 1 aromatic heterocycles. The number of hydrogen-bond donors (Lipinski definition) is 3. The molecule has 208 valence electrons. The van der Waals surface area contributed by atoms with Crippen molar-refractivity contribution in [2.45, 2.75) is 57.3 Å². The molecule has 4 rings (SSSR count). The number of nitrogens with zero attached hydrogens (tertiary/aromatic N) is 3. The summed E-state index contributed by atoms with van der Waals surface area (Å²) < 4.78 is 39.5. The summed E-state index contributed by atoms with van der Waals surface area (Å²) in [5, 5.41) is 21.8. The topological polar surface area (TPSA) is 176 Å². The predicted octanol–water partition coefficient (Wildman–Crippen LogP) is 1.31. The molecule has 38 heavy (non-hydrogen) atoms. The number of aliphatic hydroxyl groups is 2. The Labute approximate surface area is 219 Å². The summed E-state index contributed by atoms with van der Waals surface area (Å²) in [5.41, 5.74) is 2.85. The van der Waals surface area contributed by atoms with Crippen LogP contribution in [0.15, 0.2) is 47.4 Å². The molecule has 3 heterocycles. The van der Waals surface area contributed by atoms with Gasteiger partial charge in [0.05, 0.1) is 12.5 Å². The zero-order chi connectivity index (χ0) is 27.7. The summed E-state index contributed by atoms with van der Waals surface area (Å²) in [6.45, 7) is 4.70. The number of aliphatic hydroxyl groups excluding tert-OH is 1. The van der Waals surface area contributed by atoms with E-state index in [1.54, 1.807) is 44.2 Å². The Hall–Kier alpha value is -2.80. The van der Waals surface area contributed by atoms with Crippen LogP contribution in [-0.2, 0) is 23.4 Å². The molecule has 2 fully saturated rings. The number of para-hydroxylation sites is 1. The summed E-state index contributed by atoms with van der Waals surface area (Å²) in [5.74, 6) is -0.389. The van der Waals surface area contributed by atoms with Crippen LogP contribution in [0, 0.1) is 5.92 Å². The molecule has 0 bridgehead atoms. The van der Waals surface area contributed by atoms with Crippen molar-refractivity contribution in [2.24, 2.45) is 5.92 Å². The van der Waals surface area contributed by atoms with Crippen LogP contribution in [0.5, 0.6) is 5.75 Å². The van der Waals surface area contributed by atoms with Crippen LogP contribution >= 0.6 is 7.75 Å². The molecule has 0 aliphatic carbocycles. The monoisotopic (exact) mass is 552 g/mol. The Morgan fingerprint density at radius 2 is 2.03 bits per heavy atom. The number of ether oxygens (including phenoxy) is 2. The lowest BCUT2D eigenvalue weighted by atomic mass is 9.96. The number of benzene rings is 1. The lowest BCUT2D eigenvalue weighted by Crippen LogP contribution is -2.46. The highest BCUT2D eigenvalue weighted by atomic mass is 31.2. The van der Waals surface area contributed by atoms with Crippen LogP contribution in [-0.4, -0.2) is 74.0 Å². The van der Waals surface area contributed by atoms with Gasteiger partial charge >= 0.3 is 19.4 Å². The standard InChI is InChI=1S/C24H33N4O9P/c1-15(2)21(30)35-17-9-11-27(13-17)38(33,37-16-7-5-4-6-8-16)34-14-18-20(29)24(3,32)22(36-18)28-12-10-19(25)26-23(28)31/h4-8,10,12,15,17-18,20,22,29,32H,9,11,13-14H2,1-3H3,(H2,25,26,31)/t17?,18-,20-,22-,24-,38?/m1/s1. The molecule has 0 saturated carbocycles. The van der Waals surface area contributed by atoms with Crippen LogP contribution < -0.4 is 15.9 Å². The number of carbonyl (C=O) groups excluding carboxylic acids is 1. The summed E-state index contributed by atoms with van der Waals surface area (Å²) in [6.07, 6.45) is -2.77. The van der Waals surface area contributed by atoms with Gasteiger partial charge in [-0.25, -0.2) is 9.36 Å². The van der Waals surface area contributed by atoms with E-state index in [-0.39, 0.29) is 36.5 Å². The third kappa shape index (κ3) is 5.93. The number of aromatic nitrogens is 2. The van der Waals surface area contributed by atoms with E-state index in [4.69, 9.17) is 24.3 Å². The van der Waals surface area contributed by atoms with E-state index < -0.39 is 50.2 Å². The summed E-state index contributed by atoms with van der Waals surface area (Å²) >= 11 is 0. The first-order valence-electron chi connectivity index (χ1n) is 12.3. The van der Waals surface area contributed by atoms with Crippen molar-refractivity contribution in [3.05, 3.63) is 53.1 Å². The first-order chi connectivity index (χ1) is 17.9. The van der Waals surface area contributed by atoms with Crippen molar-refractivity contribution >= 4 is 19.5 Å². The molecule has 14 heteroatoms. The third-order valence-corrected chi connectivity index (χ3v) is 8.42. The average molecular weight is 553 g/mol. The highest BCUT2D eigenvalue weighted by Gasteiger charge is 2.54. The van der Waals surface area contributed by atoms with Gasteiger partial charge in [-0.15, -0.1) is 0 Å². The molecule has 2 saturated heterocycles. The van der Waals surface area contributed by atoms with Crippen molar-refractivity contribution in [1.29, 1.82) is 0 Å². The lowest BCUT2D eigenvalue weighted by molar-refractivity contribution is -0.152. The number of nitrogens with two attached hydrogens (primary N) is 1. The largest absolute Gasteiger partial charge is 0.461 e. The van der Waals surface area contributed by atoms with E-state index in [2.05, 4.69) is 4.98 Å². The Kier molecular flexibility index (Phi) is 8.26. The highest BCUT2D eigenvalue weighted by Crippen LogP contribution is 2.54. The molecule has 4 N–H and O–H groups in total. The fourth-order valence-electron chi connectivity index (χ4n) is 4.26. The molecule has 1 aromatic carbocycles. The number of rotatable bonds is 9. The van der Waals surface area contributed by atoms with Gasteiger partial charge in [0.2, 0.25) is 0 Å². The van der Waals surface area contributed by atoms with Gasteiger partial charge in [-0.1, -0.05) is 32.0 Å². The van der Waals surface area contributed by atoms with Crippen molar-refractivity contribution in [3.63, 3.8) is 0 Å². The van der Waals surface area contributed by atoms with Gasteiger partial charge in [-0.2, -0.15) is 9.65 Å². The van der Waals surface area contributed by atoms with Crippen molar-refractivity contribution in [2.75, 3.05) is 25.4 Å². The number of hydrogen-bond acceptors (Lipinski definition) is 11. The van der Waals surface area contributed by atoms with E-state index in [0.717, 1.165) is 4.57 Å². The first-order valence-corrected chi connectivity index (χ1v) is 13.8. The SMILES string of the molecule is CC(C)C(=O)OC1CCN(P(=O)(OC[C@H]2O[C@@H](n3ccc(N)nc3=O)[C@](C)(O)[C@@H]2O)Oc2ccccc2)C1. The number of esters is 1. The lowest BCUT2D eigenvalue weighted by Gasteiger charge is -2.28. The van der Waals surface area contributed by atoms with E-state index in [1.807, 2.05) is 0 Å². The maximum absolute atomic E-state index is 14.1. The van der Waals surface area contributed by atoms with Crippen molar-refractivity contribution in [1.82, 2.24) is 14.2 Å². The van der Waals surface area contributed by atoms with Gasteiger partial charge < -0.3 is 29.9 Å². The zero-order valence-electron chi connectivity index (χ0n) is 21.4. The van der Waals surface area contributed by atoms with E-state index >= 15 is 0 Å². The number of anilines is 1. The minimum Gasteiger partial charge on any atom is -0.461 e. The molecule has 2 aliphatic rings. The summed E-state index contributed by atoms with van der Waals surface area (Å²) in [6, 6.07) is 9.78. The molecule has 13 nitrogen and oxygen atoms in total. The normalized spacial score (nSPS) is 29.3. The maximum atomic E-state index is 14.1. The van der Waals surface area contributed by atoms with Crippen molar-refractivity contribution in [3.8, 4) is 5.75 Å². The molecule has 0 spiro atoms. The fourth-order valence-corrected chi connectivity index (χ4v) is 6.06. The van der Waals surface area contributed by atoms with Crippen LogP contribution in [0.2, 0.25) is 0 Å². The first kappa shape index (κ1) is 28.2. The Bertz CT molecular complexity index is 1240. The number of carbonyl (C=O) groups is 1. The fraction of sp³-hybridized carbons (Fsp3) is 0.542. The minimum atomic E-state index is -4.05. The predicted molar refractivity (Wildman–Crippen MR) is 135 cm³/mol. The highest BCUT2D eigenvalue weighted by molar-refractivity contribution is 7.51. The molecule has 2 aliphatic heterocycles. The van der Waals surface area contributed by atoms with Crippen molar-refractivity contribution < 1.29 is 38.1 Å². The zero-order valence-corrected chi connectivity index (χ0v) is 22.3. The summed E-state index contributed by atoms with van der Waals surface area (Å²) in [7, 11) is -4.05. The number of nitrogen functional groups attached to an aromatic ring is 1. The molecule has 2 aromatic rings. The van der Waals surface area contributed by atoms with Gasteiger partial charge in [0, 0.05) is 19.3 Å². The minimum absolute atomic E-state index is 0.00804. The van der Waals surface area contributed by atoms with Gasteiger partial charge in [-0.3, -0.25) is 13.9 Å². The molecule has 6 atom stereocenters. The third-order valence-electron chi connectivity index (χ3n) is 6.45. The second-order valence-electron chi connectivity index (χ2n) is 9.82. The van der Waals surface area contributed by atoms with Gasteiger partial charge in [0.25, 0.3) is 0 Å². The molecular formula is C24H33N4O9P. The van der Waals surface area contributed by atoms with E-state index in [9.17, 15) is 24.4 Å². The molecule has 0 amide bonds. The van der Waals surface area contributed by atoms with Gasteiger partial charge in [0.15, 0.2) is 6.23 Å².